The van der Waals surface area contributed by atoms with Crippen molar-refractivity contribution in [1.29, 1.82) is 0 Å². The van der Waals surface area contributed by atoms with E-state index in [9.17, 15) is 8.42 Å². The molecule has 0 aliphatic carbocycles. The molecule has 14 heteroatoms. The highest BCUT2D eigenvalue weighted by molar-refractivity contribution is 7.93. The van der Waals surface area contributed by atoms with Gasteiger partial charge in [0.15, 0.2) is 16.7 Å². The van der Waals surface area contributed by atoms with Gasteiger partial charge in [0.25, 0.3) is 0 Å². The van der Waals surface area contributed by atoms with Gasteiger partial charge in [-0.15, -0.1) is 21.5 Å². The first-order chi connectivity index (χ1) is 18.2. The number of thiazole rings is 1. The molecule has 0 saturated carbocycles. The molecule has 3 heterocycles. The first-order valence-electron chi connectivity index (χ1n) is 11.7. The zero-order valence-corrected chi connectivity index (χ0v) is 23.5. The van der Waals surface area contributed by atoms with E-state index in [1.165, 1.54) is 37.0 Å². The third-order valence-electron chi connectivity index (χ3n) is 5.65. The molecule has 12 nitrogen and oxygen atoms in total. The van der Waals surface area contributed by atoms with Crippen molar-refractivity contribution >= 4 is 27.3 Å². The zero-order chi connectivity index (χ0) is 27.4. The van der Waals surface area contributed by atoms with Crippen LogP contribution in [0.25, 0.3) is 16.5 Å². The zero-order valence-electron chi connectivity index (χ0n) is 21.9. The van der Waals surface area contributed by atoms with Crippen molar-refractivity contribution in [2.24, 2.45) is 0 Å². The fourth-order valence-electron chi connectivity index (χ4n) is 3.74. The van der Waals surface area contributed by atoms with Crippen LogP contribution in [-0.4, -0.2) is 64.2 Å². The number of hydrogen-bond acceptors (Lipinski definition) is 11. The molecule has 0 fully saturated rings. The van der Waals surface area contributed by atoms with Crippen LogP contribution in [0.3, 0.4) is 0 Å². The van der Waals surface area contributed by atoms with Crippen LogP contribution in [-0.2, 0) is 14.8 Å². The number of ether oxygens (including phenoxy) is 3. The average Bonchev–Trinajstić information content (AvgIpc) is 3.52. The minimum Gasteiger partial charge on any atom is -0.494 e. The monoisotopic (exact) mass is 559 g/mol. The Balaban J connectivity index is 1.82. The van der Waals surface area contributed by atoms with E-state index in [2.05, 4.69) is 29.9 Å². The number of nitrogens with zero attached hydrogens (tertiary/aromatic N) is 6. The van der Waals surface area contributed by atoms with Crippen LogP contribution in [0.1, 0.15) is 37.0 Å². The predicted molar refractivity (Wildman–Crippen MR) is 143 cm³/mol. The molecule has 0 bridgehead atoms. The lowest BCUT2D eigenvalue weighted by Crippen LogP contribution is -2.34. The lowest BCUT2D eigenvalue weighted by Gasteiger charge is -2.23. The molecule has 4 aromatic rings. The Morgan fingerprint density at radius 3 is 2.29 bits per heavy atom. The van der Waals surface area contributed by atoms with Crippen LogP contribution >= 0.6 is 11.3 Å². The Kier molecular flexibility index (Phi) is 8.23. The molecular weight excluding hydrogens is 530 g/mol. The number of rotatable bonds is 11. The number of methoxy groups -OCH3 is 2. The van der Waals surface area contributed by atoms with Crippen LogP contribution < -0.4 is 14.2 Å². The van der Waals surface area contributed by atoms with E-state index >= 15 is 0 Å². The molecule has 0 spiro atoms. The van der Waals surface area contributed by atoms with Gasteiger partial charge in [0.1, 0.15) is 28.5 Å². The van der Waals surface area contributed by atoms with Gasteiger partial charge in [-0.2, -0.15) is 0 Å². The number of aryl methyl sites for hydroxylation is 2. The molecule has 1 N–H and O–H groups in total. The van der Waals surface area contributed by atoms with E-state index in [0.29, 0.717) is 28.0 Å². The Hall–Kier alpha value is -3.62. The van der Waals surface area contributed by atoms with Gasteiger partial charge in [0.05, 0.1) is 14.2 Å². The quantitative estimate of drug-likeness (QED) is 0.289. The summed E-state index contributed by atoms with van der Waals surface area (Å²) >= 11 is 1.36. The fraction of sp³-hybridized carbons (Fsp3) is 0.375. The predicted octanol–water partition coefficient (Wildman–Crippen LogP) is 3.72. The Morgan fingerprint density at radius 2 is 1.74 bits per heavy atom. The summed E-state index contributed by atoms with van der Waals surface area (Å²) in [6.45, 7) is 7.28. The standard InChI is InChI=1S/C24H29N7O5S2/c1-7-36-20(21-25-11-14(2)12-26-21)16(4)38(32,33)30-24-29-28-22(23-27-15(3)13-37-23)31(24)19-17(34-5)9-8-10-18(19)35-6/h8-13,16,20H,7H2,1-6H3,(H,29,30). The number of para-hydroxylation sites is 1. The van der Waals surface area contributed by atoms with Gasteiger partial charge in [0.2, 0.25) is 16.0 Å². The van der Waals surface area contributed by atoms with Gasteiger partial charge < -0.3 is 14.2 Å². The van der Waals surface area contributed by atoms with Crippen molar-refractivity contribution in [1.82, 2.24) is 29.7 Å². The average molecular weight is 560 g/mol. The van der Waals surface area contributed by atoms with E-state index in [1.807, 2.05) is 19.2 Å². The summed E-state index contributed by atoms with van der Waals surface area (Å²) in [5.74, 6) is 1.36. The van der Waals surface area contributed by atoms with E-state index in [0.717, 1.165) is 11.3 Å². The van der Waals surface area contributed by atoms with Crippen molar-refractivity contribution in [2.75, 3.05) is 25.5 Å². The third-order valence-corrected chi connectivity index (χ3v) is 8.30. The summed E-state index contributed by atoms with van der Waals surface area (Å²) < 4.78 is 48.5. The van der Waals surface area contributed by atoms with Gasteiger partial charge >= 0.3 is 0 Å². The van der Waals surface area contributed by atoms with Crippen molar-refractivity contribution in [2.45, 2.75) is 39.0 Å². The summed E-state index contributed by atoms with van der Waals surface area (Å²) in [4.78, 5) is 13.1. The number of hydrogen-bond donors (Lipinski definition) is 1. The van der Waals surface area contributed by atoms with Gasteiger partial charge in [-0.3, -0.25) is 9.29 Å². The smallest absolute Gasteiger partial charge is 0.243 e. The highest BCUT2D eigenvalue weighted by atomic mass is 32.2. The van der Waals surface area contributed by atoms with E-state index in [4.69, 9.17) is 14.2 Å². The lowest BCUT2D eigenvalue weighted by molar-refractivity contribution is 0.0557. The van der Waals surface area contributed by atoms with Gasteiger partial charge in [-0.25, -0.2) is 23.4 Å². The fourth-order valence-corrected chi connectivity index (χ4v) is 5.61. The maximum absolute atomic E-state index is 13.7. The summed E-state index contributed by atoms with van der Waals surface area (Å²) in [6.07, 6.45) is 2.32. The normalized spacial score (nSPS) is 13.2. The molecule has 4 rings (SSSR count). The van der Waals surface area contributed by atoms with Crippen molar-refractivity contribution in [3.05, 3.63) is 53.1 Å². The topological polar surface area (TPSA) is 143 Å². The molecule has 202 valence electrons. The Labute approximate surface area is 225 Å². The first kappa shape index (κ1) is 27.4. The molecule has 1 aromatic carbocycles. The van der Waals surface area contributed by atoms with E-state index in [-0.39, 0.29) is 18.4 Å². The largest absolute Gasteiger partial charge is 0.494 e. The van der Waals surface area contributed by atoms with Gasteiger partial charge in [0, 0.05) is 30.1 Å². The number of aromatic nitrogens is 6. The molecular formula is C24H29N7O5S2. The van der Waals surface area contributed by atoms with Crippen molar-refractivity contribution in [3.63, 3.8) is 0 Å². The summed E-state index contributed by atoms with van der Waals surface area (Å²) in [5.41, 5.74) is 2.06. The molecule has 0 aliphatic rings. The molecule has 2 atom stereocenters. The Bertz CT molecular complexity index is 1480. The van der Waals surface area contributed by atoms with Crippen LogP contribution in [0.5, 0.6) is 11.5 Å². The highest BCUT2D eigenvalue weighted by Gasteiger charge is 2.35. The number of nitrogens with one attached hydrogen (secondary N) is 1. The van der Waals surface area contributed by atoms with Crippen LogP contribution in [0, 0.1) is 13.8 Å². The summed E-state index contributed by atoms with van der Waals surface area (Å²) in [6, 6.07) is 5.23. The molecule has 0 aliphatic heterocycles. The minimum absolute atomic E-state index is 0.0671. The maximum atomic E-state index is 13.7. The third kappa shape index (κ3) is 5.47. The minimum atomic E-state index is -4.10. The molecule has 38 heavy (non-hydrogen) atoms. The van der Waals surface area contributed by atoms with Crippen LogP contribution in [0.4, 0.5) is 5.95 Å². The lowest BCUT2D eigenvalue weighted by atomic mass is 10.2. The molecule has 0 amide bonds. The van der Waals surface area contributed by atoms with E-state index in [1.54, 1.807) is 37.5 Å². The van der Waals surface area contributed by atoms with Gasteiger partial charge in [-0.05, 0) is 45.4 Å². The maximum Gasteiger partial charge on any atom is 0.243 e. The Morgan fingerprint density at radius 1 is 1.08 bits per heavy atom. The second-order valence-corrected chi connectivity index (χ2v) is 11.2. The first-order valence-corrected chi connectivity index (χ1v) is 14.1. The second-order valence-electron chi connectivity index (χ2n) is 8.33. The van der Waals surface area contributed by atoms with Crippen molar-refractivity contribution < 1.29 is 22.6 Å². The second kappa shape index (κ2) is 11.4. The molecule has 2 unspecified atom stereocenters. The molecule has 0 radical (unpaired) electrons. The number of benzene rings is 1. The molecule has 0 saturated heterocycles. The van der Waals surface area contributed by atoms with Crippen LogP contribution in [0.15, 0.2) is 36.0 Å². The van der Waals surface area contributed by atoms with Gasteiger partial charge in [-0.1, -0.05) is 6.07 Å². The van der Waals surface area contributed by atoms with Crippen LogP contribution in [0.2, 0.25) is 0 Å². The van der Waals surface area contributed by atoms with E-state index < -0.39 is 21.4 Å². The van der Waals surface area contributed by atoms with Crippen molar-refractivity contribution in [3.8, 4) is 28.0 Å². The highest BCUT2D eigenvalue weighted by Crippen LogP contribution is 2.38. The number of anilines is 1. The molecule has 3 aromatic heterocycles. The summed E-state index contributed by atoms with van der Waals surface area (Å²) in [7, 11) is -1.08. The summed E-state index contributed by atoms with van der Waals surface area (Å²) in [5, 5.41) is 9.81. The number of sulfonamides is 1. The SMILES string of the molecule is CCOC(c1ncc(C)cn1)C(C)S(=O)(=O)Nc1nnc(-c2nc(C)cs2)n1-c1c(OC)cccc1OC.